The van der Waals surface area contributed by atoms with Crippen LogP contribution in [0.25, 0.3) is 10.9 Å². The van der Waals surface area contributed by atoms with Crippen molar-refractivity contribution in [1.82, 2.24) is 4.57 Å². The highest BCUT2D eigenvalue weighted by atomic mass is 28.3. The molecule has 0 saturated heterocycles. The van der Waals surface area contributed by atoms with Gasteiger partial charge in [-0.3, -0.25) is 9.36 Å². The van der Waals surface area contributed by atoms with E-state index < -0.39 is 15.4 Å². The van der Waals surface area contributed by atoms with Gasteiger partial charge >= 0.3 is 7.32 Å². The van der Waals surface area contributed by atoms with Crippen LogP contribution in [-0.2, 0) is 11.5 Å². The predicted octanol–water partition coefficient (Wildman–Crippen LogP) is 1.97. The SMILES string of the molecule is Cc1cc2cc(OB(O)O)ccc2n(COCC[Si](C)(C)C)c1=O. The summed E-state index contributed by atoms with van der Waals surface area (Å²) in [5.74, 6) is 0.321. The van der Waals surface area contributed by atoms with Gasteiger partial charge in [0.15, 0.2) is 0 Å². The number of nitrogens with zero attached hydrogens (tertiary/aromatic N) is 1. The normalized spacial score (nSPS) is 11.8. The van der Waals surface area contributed by atoms with Gasteiger partial charge in [-0.05, 0) is 37.2 Å². The molecule has 0 fully saturated rings. The summed E-state index contributed by atoms with van der Waals surface area (Å²) >= 11 is 0. The van der Waals surface area contributed by atoms with E-state index in [1.807, 2.05) is 0 Å². The fraction of sp³-hybridized carbons (Fsp3) is 0.438. The molecule has 130 valence electrons. The molecule has 0 atom stereocenters. The Bertz CT molecular complexity index is 769. The third-order valence-electron chi connectivity index (χ3n) is 3.70. The number of rotatable bonds is 7. The van der Waals surface area contributed by atoms with Crippen molar-refractivity contribution in [2.24, 2.45) is 0 Å². The fourth-order valence-electron chi connectivity index (χ4n) is 2.37. The Hall–Kier alpha value is -1.61. The van der Waals surface area contributed by atoms with Crippen molar-refractivity contribution in [3.63, 3.8) is 0 Å². The minimum Gasteiger partial charge on any atom is -0.512 e. The van der Waals surface area contributed by atoms with Gasteiger partial charge in [0.1, 0.15) is 12.5 Å². The first kappa shape index (κ1) is 18.7. The maximum absolute atomic E-state index is 12.4. The smallest absolute Gasteiger partial charge is 0.512 e. The summed E-state index contributed by atoms with van der Waals surface area (Å²) in [6, 6.07) is 7.77. The number of pyridine rings is 1. The van der Waals surface area contributed by atoms with E-state index >= 15 is 0 Å². The molecule has 0 aliphatic heterocycles. The molecular formula is C16H24BNO5Si. The summed E-state index contributed by atoms with van der Waals surface area (Å²) in [7, 11) is -3.05. The molecule has 0 radical (unpaired) electrons. The van der Waals surface area contributed by atoms with Crippen LogP contribution in [0.4, 0.5) is 0 Å². The summed E-state index contributed by atoms with van der Waals surface area (Å²) in [6.45, 7) is 9.42. The highest BCUT2D eigenvalue weighted by molar-refractivity contribution is 6.76. The number of hydrogen-bond acceptors (Lipinski definition) is 5. The molecule has 2 aromatic rings. The van der Waals surface area contributed by atoms with Crippen LogP contribution >= 0.6 is 0 Å². The average molecular weight is 349 g/mol. The Morgan fingerprint density at radius 1 is 1.21 bits per heavy atom. The van der Waals surface area contributed by atoms with E-state index in [4.69, 9.17) is 19.4 Å². The molecule has 0 aliphatic rings. The zero-order chi connectivity index (χ0) is 17.9. The van der Waals surface area contributed by atoms with Crippen LogP contribution in [0.3, 0.4) is 0 Å². The van der Waals surface area contributed by atoms with Crippen molar-refractivity contribution >= 4 is 26.3 Å². The first-order valence-electron chi connectivity index (χ1n) is 7.92. The first-order chi connectivity index (χ1) is 11.2. The number of hydrogen-bond donors (Lipinski definition) is 2. The van der Waals surface area contributed by atoms with Crippen LogP contribution in [0.1, 0.15) is 5.56 Å². The molecule has 0 aliphatic carbocycles. The van der Waals surface area contributed by atoms with Crippen molar-refractivity contribution in [2.75, 3.05) is 6.61 Å². The summed E-state index contributed by atoms with van der Waals surface area (Å²) in [4.78, 5) is 12.4. The van der Waals surface area contributed by atoms with Crippen molar-refractivity contribution in [2.45, 2.75) is 39.3 Å². The third-order valence-corrected chi connectivity index (χ3v) is 5.41. The molecule has 1 heterocycles. The number of benzene rings is 1. The lowest BCUT2D eigenvalue weighted by molar-refractivity contribution is 0.0877. The van der Waals surface area contributed by atoms with Crippen LogP contribution in [0.5, 0.6) is 5.75 Å². The van der Waals surface area contributed by atoms with Gasteiger partial charge < -0.3 is 19.4 Å². The standard InChI is InChI=1S/C16H24BNO5Si/c1-12-9-13-10-14(23-17(20)21)5-6-15(13)18(16(12)19)11-22-7-8-24(2,3)4/h5-6,9-10,20-21H,7-8,11H2,1-4H3. The molecule has 1 aromatic heterocycles. The maximum atomic E-state index is 12.4. The van der Waals surface area contributed by atoms with Gasteiger partial charge in [-0.1, -0.05) is 19.6 Å². The first-order valence-corrected chi connectivity index (χ1v) is 11.6. The van der Waals surface area contributed by atoms with E-state index in [2.05, 4.69) is 19.6 Å². The zero-order valence-corrected chi connectivity index (χ0v) is 15.6. The van der Waals surface area contributed by atoms with E-state index in [0.717, 1.165) is 16.9 Å². The van der Waals surface area contributed by atoms with Gasteiger partial charge in [0, 0.05) is 25.6 Å². The van der Waals surface area contributed by atoms with E-state index in [9.17, 15) is 4.79 Å². The van der Waals surface area contributed by atoms with E-state index in [-0.39, 0.29) is 12.3 Å². The lowest BCUT2D eigenvalue weighted by Gasteiger charge is -2.17. The summed E-state index contributed by atoms with van der Waals surface area (Å²) in [6.07, 6.45) is 0. The lowest BCUT2D eigenvalue weighted by Crippen LogP contribution is -2.26. The minimum atomic E-state index is -1.88. The van der Waals surface area contributed by atoms with Crippen LogP contribution < -0.4 is 10.2 Å². The molecule has 8 heteroatoms. The van der Waals surface area contributed by atoms with Gasteiger partial charge in [-0.15, -0.1) is 0 Å². The van der Waals surface area contributed by atoms with Crippen molar-refractivity contribution in [1.29, 1.82) is 0 Å². The number of aryl methyl sites for hydroxylation is 1. The fourth-order valence-corrected chi connectivity index (χ4v) is 3.13. The molecule has 6 nitrogen and oxygen atoms in total. The monoisotopic (exact) mass is 349 g/mol. The van der Waals surface area contributed by atoms with Crippen molar-refractivity contribution in [3.05, 3.63) is 40.2 Å². The number of fused-ring (bicyclic) bond motifs is 1. The van der Waals surface area contributed by atoms with Crippen LogP contribution in [-0.4, -0.2) is 36.6 Å². The largest absolute Gasteiger partial charge is 0.707 e. The number of ether oxygens (including phenoxy) is 1. The number of aromatic nitrogens is 1. The highest BCUT2D eigenvalue weighted by Crippen LogP contribution is 2.21. The quantitative estimate of drug-likeness (QED) is 0.590. The third kappa shape index (κ3) is 4.94. The molecule has 0 spiro atoms. The Morgan fingerprint density at radius 3 is 2.54 bits per heavy atom. The highest BCUT2D eigenvalue weighted by Gasteiger charge is 2.14. The predicted molar refractivity (Wildman–Crippen MR) is 97.9 cm³/mol. The van der Waals surface area contributed by atoms with E-state index in [1.54, 1.807) is 35.8 Å². The van der Waals surface area contributed by atoms with E-state index in [0.29, 0.717) is 17.9 Å². The van der Waals surface area contributed by atoms with Crippen LogP contribution in [0, 0.1) is 6.92 Å². The lowest BCUT2D eigenvalue weighted by atomic mass is 10.1. The molecule has 2 rings (SSSR count). The molecular weight excluding hydrogens is 325 g/mol. The molecule has 2 N–H and O–H groups in total. The maximum Gasteiger partial charge on any atom is 0.707 e. The van der Waals surface area contributed by atoms with Gasteiger partial charge in [-0.25, -0.2) is 0 Å². The molecule has 24 heavy (non-hydrogen) atoms. The summed E-state index contributed by atoms with van der Waals surface area (Å²) < 4.78 is 12.2. The second kappa shape index (κ2) is 7.52. The van der Waals surface area contributed by atoms with Gasteiger partial charge in [0.05, 0.1) is 5.52 Å². The van der Waals surface area contributed by atoms with Gasteiger partial charge in [0.25, 0.3) is 5.56 Å². The zero-order valence-electron chi connectivity index (χ0n) is 14.6. The van der Waals surface area contributed by atoms with Crippen molar-refractivity contribution in [3.8, 4) is 5.75 Å². The van der Waals surface area contributed by atoms with E-state index in [1.165, 1.54) is 0 Å². The molecule has 0 bridgehead atoms. The topological polar surface area (TPSA) is 80.9 Å². The Kier molecular flexibility index (Phi) is 5.87. The minimum absolute atomic E-state index is 0.0913. The molecule has 0 amide bonds. The molecule has 1 aromatic carbocycles. The van der Waals surface area contributed by atoms with Gasteiger partial charge in [-0.2, -0.15) is 0 Å². The second-order valence-corrected chi connectivity index (χ2v) is 12.7. The average Bonchev–Trinajstić information content (AvgIpc) is 2.45. The van der Waals surface area contributed by atoms with Gasteiger partial charge in [0.2, 0.25) is 0 Å². The summed E-state index contributed by atoms with van der Waals surface area (Å²) in [5, 5.41) is 18.6. The van der Waals surface area contributed by atoms with Crippen molar-refractivity contribution < 1.29 is 19.4 Å². The molecule has 0 saturated carbocycles. The summed E-state index contributed by atoms with van der Waals surface area (Å²) in [5.41, 5.74) is 1.22. The molecule has 0 unspecified atom stereocenters. The Labute approximate surface area is 142 Å². The Morgan fingerprint density at radius 2 is 1.92 bits per heavy atom. The van der Waals surface area contributed by atoms with Crippen LogP contribution in [0.2, 0.25) is 25.7 Å². The van der Waals surface area contributed by atoms with Crippen LogP contribution in [0.15, 0.2) is 29.1 Å². The Balaban J connectivity index is 2.27. The second-order valence-electron chi connectivity index (χ2n) is 7.07.